The van der Waals surface area contributed by atoms with Gasteiger partial charge < -0.3 is 16.2 Å². The van der Waals surface area contributed by atoms with Gasteiger partial charge in [0.1, 0.15) is 0 Å². The number of carboxylic acids is 1. The van der Waals surface area contributed by atoms with Gasteiger partial charge in [0.2, 0.25) is 0 Å². The summed E-state index contributed by atoms with van der Waals surface area (Å²) in [7, 11) is 0. The number of aliphatic carboxylic acids is 1. The first kappa shape index (κ1) is 12.1. The maximum absolute atomic E-state index is 10.4. The van der Waals surface area contributed by atoms with Crippen LogP contribution in [0.25, 0.3) is 0 Å². The molecule has 0 atom stereocenters. The average Bonchev–Trinajstić information content (AvgIpc) is 1.81. The lowest BCUT2D eigenvalue weighted by Crippen LogP contribution is -2.32. The molecule has 5 N–H and O–H groups in total. The zero-order chi connectivity index (χ0) is 10.5. The molecule has 0 aliphatic carbocycles. The van der Waals surface area contributed by atoms with Crippen LogP contribution in [0.1, 0.15) is 20.3 Å². The number of nitrogens with one attached hydrogen (secondary N) is 2. The van der Waals surface area contributed by atoms with E-state index in [2.05, 4.69) is 5.32 Å². The topological polar surface area (TPSA) is 99.2 Å². The Morgan fingerprint density at radius 1 is 1.69 bits per heavy atom. The maximum atomic E-state index is 10.4. The lowest BCUT2D eigenvalue weighted by atomic mass is 10.1. The fourth-order valence-corrected chi connectivity index (χ4v) is 1.57. The molecule has 0 amide bonds. The van der Waals surface area contributed by atoms with Crippen molar-refractivity contribution < 1.29 is 9.90 Å². The molecular formula is C7H15N3O2S. The van der Waals surface area contributed by atoms with Crippen molar-refractivity contribution in [3.05, 3.63) is 0 Å². The summed E-state index contributed by atoms with van der Waals surface area (Å²) in [5, 5.41) is 18.0. The minimum absolute atomic E-state index is 0.0945. The smallest absolute Gasteiger partial charge is 0.304 e. The highest BCUT2D eigenvalue weighted by atomic mass is 32.2. The zero-order valence-corrected chi connectivity index (χ0v) is 8.57. The Kier molecular flexibility index (Phi) is 4.61. The summed E-state index contributed by atoms with van der Waals surface area (Å²) in [5.74, 6) is -0.464. The molecule has 0 unspecified atom stereocenters. The van der Waals surface area contributed by atoms with Crippen LogP contribution in [-0.2, 0) is 4.79 Å². The molecule has 0 fully saturated rings. The van der Waals surface area contributed by atoms with Gasteiger partial charge in [-0.25, -0.2) is 0 Å². The zero-order valence-electron chi connectivity index (χ0n) is 7.76. The number of nitrogens with two attached hydrogens (primary N) is 1. The molecule has 0 aliphatic rings. The van der Waals surface area contributed by atoms with Gasteiger partial charge in [0.25, 0.3) is 0 Å². The number of hydrogen-bond donors (Lipinski definition) is 4. The van der Waals surface area contributed by atoms with Crippen LogP contribution in [0.2, 0.25) is 0 Å². The first-order chi connectivity index (χ1) is 5.83. The number of carbonyl (C=O) groups is 1. The minimum Gasteiger partial charge on any atom is -0.481 e. The van der Waals surface area contributed by atoms with Crippen molar-refractivity contribution in [2.75, 3.05) is 5.88 Å². The Morgan fingerprint density at radius 3 is 2.62 bits per heavy atom. The van der Waals surface area contributed by atoms with E-state index in [-0.39, 0.29) is 17.1 Å². The highest BCUT2D eigenvalue weighted by Crippen LogP contribution is 2.26. The van der Waals surface area contributed by atoms with E-state index in [0.29, 0.717) is 5.88 Å². The quantitative estimate of drug-likeness (QED) is 0.296. The summed E-state index contributed by atoms with van der Waals surface area (Å²) in [4.78, 5) is 10.4. The molecule has 0 saturated heterocycles. The maximum Gasteiger partial charge on any atom is 0.304 e. The van der Waals surface area contributed by atoms with Crippen molar-refractivity contribution in [2.24, 2.45) is 5.73 Å². The predicted octanol–water partition coefficient (Wildman–Crippen LogP) is 0.413. The van der Waals surface area contributed by atoms with Crippen molar-refractivity contribution in [3.8, 4) is 0 Å². The molecular weight excluding hydrogens is 190 g/mol. The predicted molar refractivity (Wildman–Crippen MR) is 53.8 cm³/mol. The Hall–Kier alpha value is -0.910. The molecule has 0 aromatic rings. The van der Waals surface area contributed by atoms with Crippen molar-refractivity contribution >= 4 is 23.7 Å². The molecule has 0 aliphatic heterocycles. The van der Waals surface area contributed by atoms with E-state index in [1.54, 1.807) is 0 Å². The van der Waals surface area contributed by atoms with Crippen LogP contribution in [0.15, 0.2) is 0 Å². The summed E-state index contributed by atoms with van der Waals surface area (Å²) < 4.78 is -0.339. The van der Waals surface area contributed by atoms with Gasteiger partial charge in [0.15, 0.2) is 5.96 Å². The number of hydrogen-bond acceptors (Lipinski definition) is 3. The van der Waals surface area contributed by atoms with Crippen LogP contribution < -0.4 is 11.1 Å². The van der Waals surface area contributed by atoms with E-state index in [0.717, 1.165) is 0 Å². The summed E-state index contributed by atoms with van der Waals surface area (Å²) in [5.41, 5.74) is 5.07. The lowest BCUT2D eigenvalue weighted by molar-refractivity contribution is -0.137. The Labute approximate surface area is 81.6 Å². The van der Waals surface area contributed by atoms with Crippen LogP contribution in [-0.4, -0.2) is 27.7 Å². The van der Waals surface area contributed by atoms with Crippen LogP contribution in [0.3, 0.4) is 0 Å². The summed E-state index contributed by atoms with van der Waals surface area (Å²) >= 11 is 1.42. The highest BCUT2D eigenvalue weighted by Gasteiger charge is 2.21. The monoisotopic (exact) mass is 205 g/mol. The largest absolute Gasteiger partial charge is 0.481 e. The van der Waals surface area contributed by atoms with Gasteiger partial charge in [-0.2, -0.15) is 0 Å². The molecule has 5 nitrogen and oxygen atoms in total. The minimum atomic E-state index is -0.819. The summed E-state index contributed by atoms with van der Waals surface area (Å²) in [6.45, 7) is 3.68. The van der Waals surface area contributed by atoms with E-state index >= 15 is 0 Å². The third-order valence-corrected chi connectivity index (χ3v) is 2.52. The fraction of sp³-hybridized carbons (Fsp3) is 0.714. The molecule has 13 heavy (non-hydrogen) atoms. The molecule has 0 aromatic carbocycles. The average molecular weight is 205 g/mol. The van der Waals surface area contributed by atoms with E-state index in [9.17, 15) is 4.79 Å². The third kappa shape index (κ3) is 7.45. The van der Waals surface area contributed by atoms with Gasteiger partial charge in [-0.05, 0) is 0 Å². The molecule has 0 spiro atoms. The second kappa shape index (κ2) is 4.96. The van der Waals surface area contributed by atoms with Crippen LogP contribution >= 0.6 is 11.8 Å². The number of carboxylic acid groups (broad SMARTS) is 1. The molecule has 0 aromatic heterocycles. The number of thioether (sulfide) groups is 1. The van der Waals surface area contributed by atoms with E-state index in [4.69, 9.17) is 16.2 Å². The second-order valence-corrected chi connectivity index (χ2v) is 4.89. The Bertz CT molecular complexity index is 206. The van der Waals surface area contributed by atoms with Crippen LogP contribution in [0.5, 0.6) is 0 Å². The van der Waals surface area contributed by atoms with Gasteiger partial charge in [-0.1, -0.05) is 13.8 Å². The fourth-order valence-electron chi connectivity index (χ4n) is 0.724. The standard InChI is InChI=1S/C7H15N3O2S/c1-7(2,3-5(11)12)13-4-10-6(8)9/h3-4H2,1-2H3,(H,11,12)(H4,8,9,10). The molecule has 0 heterocycles. The SMILES string of the molecule is CC(C)(CC(=O)O)SCNC(=N)N. The molecule has 6 heteroatoms. The number of guanidine groups is 1. The highest BCUT2D eigenvalue weighted by molar-refractivity contribution is 8.00. The molecule has 0 radical (unpaired) electrons. The van der Waals surface area contributed by atoms with Crippen LogP contribution in [0.4, 0.5) is 0 Å². The first-order valence-electron chi connectivity index (χ1n) is 3.77. The van der Waals surface area contributed by atoms with Crippen molar-refractivity contribution in [1.29, 1.82) is 5.41 Å². The summed E-state index contributed by atoms with van der Waals surface area (Å²) in [6.07, 6.45) is 0.0945. The van der Waals surface area contributed by atoms with Gasteiger partial charge in [-0.15, -0.1) is 11.8 Å². The molecule has 0 bridgehead atoms. The van der Waals surface area contributed by atoms with Gasteiger partial charge in [0, 0.05) is 4.75 Å². The van der Waals surface area contributed by atoms with Crippen LogP contribution in [0, 0.1) is 5.41 Å². The molecule has 0 saturated carbocycles. The third-order valence-electron chi connectivity index (χ3n) is 1.30. The van der Waals surface area contributed by atoms with Crippen molar-refractivity contribution in [2.45, 2.75) is 25.0 Å². The number of rotatable bonds is 5. The van der Waals surface area contributed by atoms with Crippen molar-refractivity contribution in [3.63, 3.8) is 0 Å². The van der Waals surface area contributed by atoms with Gasteiger partial charge in [0.05, 0.1) is 12.3 Å². The lowest BCUT2D eigenvalue weighted by Gasteiger charge is -2.21. The van der Waals surface area contributed by atoms with E-state index in [1.807, 2.05) is 13.8 Å². The summed E-state index contributed by atoms with van der Waals surface area (Å²) in [6, 6.07) is 0. The normalized spacial score (nSPS) is 10.9. The molecule has 0 rings (SSSR count). The van der Waals surface area contributed by atoms with Gasteiger partial charge in [-0.3, -0.25) is 10.2 Å². The van der Waals surface area contributed by atoms with E-state index in [1.165, 1.54) is 11.8 Å². The first-order valence-corrected chi connectivity index (χ1v) is 4.76. The Balaban J connectivity index is 3.75. The van der Waals surface area contributed by atoms with Crippen molar-refractivity contribution in [1.82, 2.24) is 5.32 Å². The molecule has 76 valence electrons. The Morgan fingerprint density at radius 2 is 2.23 bits per heavy atom. The van der Waals surface area contributed by atoms with E-state index < -0.39 is 5.97 Å². The van der Waals surface area contributed by atoms with Gasteiger partial charge >= 0.3 is 5.97 Å². The second-order valence-electron chi connectivity index (χ2n) is 3.21.